The highest BCUT2D eigenvalue weighted by Crippen LogP contribution is 2.12. The van der Waals surface area contributed by atoms with Crippen LogP contribution in [0.3, 0.4) is 0 Å². The van der Waals surface area contributed by atoms with Crippen molar-refractivity contribution in [1.29, 1.82) is 0 Å². The highest BCUT2D eigenvalue weighted by molar-refractivity contribution is 5.69. The normalized spacial score (nSPS) is 11.7. The summed E-state index contributed by atoms with van der Waals surface area (Å²) < 4.78 is 28.1. The molecular formula is C45H77NO8. The summed E-state index contributed by atoms with van der Waals surface area (Å²) in [5.74, 6) is -0.193. The number of carbonyl (C=O) groups is 2. The van der Waals surface area contributed by atoms with Crippen LogP contribution in [0.15, 0.2) is 48.6 Å². The fourth-order valence-corrected chi connectivity index (χ4v) is 5.84. The van der Waals surface area contributed by atoms with Gasteiger partial charge in [-0.3, -0.25) is 4.79 Å². The molecule has 0 radical (unpaired) electrons. The van der Waals surface area contributed by atoms with E-state index in [2.05, 4.69) is 62.1 Å². The Bertz CT molecular complexity index is 1040. The van der Waals surface area contributed by atoms with E-state index in [1.54, 1.807) is 0 Å². The zero-order chi connectivity index (χ0) is 39.2. The van der Waals surface area contributed by atoms with Crippen LogP contribution in [-0.2, 0) is 41.5 Å². The summed E-state index contributed by atoms with van der Waals surface area (Å²) >= 11 is 0. The minimum Gasteiger partial charge on any atom is -0.466 e. The Hall–Kier alpha value is -2.72. The smallest absolute Gasteiger partial charge is 0.466 e. The molecule has 54 heavy (non-hydrogen) atoms. The first-order chi connectivity index (χ1) is 26.5. The van der Waals surface area contributed by atoms with Crippen LogP contribution in [0.4, 0.5) is 4.79 Å². The molecule has 0 heterocycles. The summed E-state index contributed by atoms with van der Waals surface area (Å²) in [7, 11) is 0. The van der Waals surface area contributed by atoms with E-state index in [1.807, 2.05) is 12.1 Å². The van der Waals surface area contributed by atoms with Gasteiger partial charge >= 0.3 is 12.1 Å². The third-order valence-electron chi connectivity index (χ3n) is 9.11. The zero-order valence-electron chi connectivity index (χ0n) is 34.5. The van der Waals surface area contributed by atoms with Gasteiger partial charge < -0.3 is 33.7 Å². The van der Waals surface area contributed by atoms with E-state index < -0.39 is 6.16 Å². The van der Waals surface area contributed by atoms with E-state index in [1.165, 1.54) is 18.4 Å². The Balaban J connectivity index is 2.15. The fraction of sp³-hybridized carbons (Fsp3) is 0.733. The molecule has 1 rings (SSSR count). The molecule has 0 amide bonds. The van der Waals surface area contributed by atoms with E-state index in [9.17, 15) is 14.7 Å². The second-order valence-corrected chi connectivity index (χ2v) is 14.0. The Labute approximate surface area is 329 Å². The van der Waals surface area contributed by atoms with Crippen molar-refractivity contribution in [1.82, 2.24) is 4.90 Å². The summed E-state index contributed by atoms with van der Waals surface area (Å²) in [6, 6.07) is 8.20. The van der Waals surface area contributed by atoms with Crippen molar-refractivity contribution in [2.45, 2.75) is 162 Å². The molecule has 310 valence electrons. The number of nitrogens with zero attached hydrogens (tertiary/aromatic N) is 1. The number of ether oxygens (including phenoxy) is 5. The number of carbonyl (C=O) groups excluding carboxylic acids is 2. The van der Waals surface area contributed by atoms with Gasteiger partial charge in [-0.15, -0.1) is 0 Å². The molecule has 0 aliphatic carbocycles. The SMILES string of the molecule is CC/C=C\CCCCOC(CCC(=O)OCCCCCCN(CCO)CCCCCOC(=O)OCc1ccc(CCCC)cc1)OCCCC/C=C\CC. The summed E-state index contributed by atoms with van der Waals surface area (Å²) in [5, 5.41) is 9.52. The molecule has 0 fully saturated rings. The van der Waals surface area contributed by atoms with Crippen LogP contribution >= 0.6 is 0 Å². The second-order valence-electron chi connectivity index (χ2n) is 14.0. The highest BCUT2D eigenvalue weighted by Gasteiger charge is 2.14. The van der Waals surface area contributed by atoms with Crippen molar-refractivity contribution in [3.8, 4) is 0 Å². The minimum absolute atomic E-state index is 0.136. The lowest BCUT2D eigenvalue weighted by Gasteiger charge is -2.21. The lowest BCUT2D eigenvalue weighted by atomic mass is 10.1. The molecule has 1 aromatic rings. The molecule has 9 heteroatoms. The first-order valence-corrected chi connectivity index (χ1v) is 21.4. The number of allylic oxidation sites excluding steroid dienone is 4. The van der Waals surface area contributed by atoms with Crippen molar-refractivity contribution >= 4 is 12.1 Å². The van der Waals surface area contributed by atoms with Gasteiger partial charge in [-0.2, -0.15) is 0 Å². The molecule has 0 unspecified atom stereocenters. The lowest BCUT2D eigenvalue weighted by molar-refractivity contribution is -0.159. The van der Waals surface area contributed by atoms with Crippen LogP contribution in [0.1, 0.15) is 154 Å². The molecule has 0 aliphatic heterocycles. The van der Waals surface area contributed by atoms with Gasteiger partial charge in [0.05, 0.1) is 26.2 Å². The molecule has 1 N–H and O–H groups in total. The van der Waals surface area contributed by atoms with Gasteiger partial charge in [0, 0.05) is 26.2 Å². The fourth-order valence-electron chi connectivity index (χ4n) is 5.84. The largest absolute Gasteiger partial charge is 0.508 e. The molecule has 9 nitrogen and oxygen atoms in total. The second kappa shape index (κ2) is 37.2. The van der Waals surface area contributed by atoms with Gasteiger partial charge in [-0.05, 0) is 121 Å². The van der Waals surface area contributed by atoms with Gasteiger partial charge in [0.25, 0.3) is 0 Å². The summed E-state index contributed by atoms with van der Waals surface area (Å²) in [6.45, 7) is 11.4. The van der Waals surface area contributed by atoms with E-state index in [0.717, 1.165) is 121 Å². The maximum Gasteiger partial charge on any atom is 0.508 e. The average molecular weight is 760 g/mol. The molecular weight excluding hydrogens is 682 g/mol. The average Bonchev–Trinajstić information content (AvgIpc) is 3.18. The summed E-state index contributed by atoms with van der Waals surface area (Å²) in [4.78, 5) is 26.7. The minimum atomic E-state index is -0.626. The Morgan fingerprint density at radius 1 is 0.630 bits per heavy atom. The van der Waals surface area contributed by atoms with Crippen LogP contribution in [-0.4, -0.2) is 81.1 Å². The third-order valence-corrected chi connectivity index (χ3v) is 9.11. The van der Waals surface area contributed by atoms with Crippen LogP contribution < -0.4 is 0 Å². The van der Waals surface area contributed by atoms with Crippen molar-refractivity contribution in [3.63, 3.8) is 0 Å². The Kier molecular flexibility index (Phi) is 34.0. The summed E-state index contributed by atoms with van der Waals surface area (Å²) in [6.07, 6.45) is 27.1. The van der Waals surface area contributed by atoms with Gasteiger partial charge in [0.2, 0.25) is 0 Å². The van der Waals surface area contributed by atoms with Gasteiger partial charge in [0.1, 0.15) is 6.61 Å². The van der Waals surface area contributed by atoms with Crippen molar-refractivity contribution < 1.29 is 38.4 Å². The Morgan fingerprint density at radius 2 is 1.19 bits per heavy atom. The molecule has 0 saturated carbocycles. The predicted octanol–water partition coefficient (Wildman–Crippen LogP) is 10.7. The molecule has 1 aromatic carbocycles. The number of unbranched alkanes of at least 4 members (excludes halogenated alkanes) is 10. The number of rotatable bonds is 37. The van der Waals surface area contributed by atoms with E-state index in [4.69, 9.17) is 23.7 Å². The number of aliphatic hydroxyl groups is 1. The summed E-state index contributed by atoms with van der Waals surface area (Å²) in [5.41, 5.74) is 2.26. The van der Waals surface area contributed by atoms with Crippen LogP contribution in [0, 0.1) is 0 Å². The zero-order valence-corrected chi connectivity index (χ0v) is 34.5. The van der Waals surface area contributed by atoms with Crippen molar-refractivity contribution in [2.24, 2.45) is 0 Å². The number of hydrogen-bond acceptors (Lipinski definition) is 9. The molecule has 0 aromatic heterocycles. The van der Waals surface area contributed by atoms with Crippen molar-refractivity contribution in [3.05, 3.63) is 59.7 Å². The number of aliphatic hydroxyl groups excluding tert-OH is 1. The molecule has 0 saturated heterocycles. The van der Waals surface area contributed by atoms with E-state index in [0.29, 0.717) is 45.8 Å². The number of aryl methyl sites for hydroxylation is 1. The number of hydrogen-bond donors (Lipinski definition) is 1. The van der Waals surface area contributed by atoms with Crippen molar-refractivity contribution in [2.75, 3.05) is 52.7 Å². The van der Waals surface area contributed by atoms with Gasteiger partial charge in [-0.1, -0.05) is 88.6 Å². The van der Waals surface area contributed by atoms with Crippen LogP contribution in [0.25, 0.3) is 0 Å². The van der Waals surface area contributed by atoms with Crippen LogP contribution in [0.2, 0.25) is 0 Å². The monoisotopic (exact) mass is 760 g/mol. The maximum absolute atomic E-state index is 12.5. The van der Waals surface area contributed by atoms with Crippen LogP contribution in [0.5, 0.6) is 0 Å². The predicted molar refractivity (Wildman–Crippen MR) is 219 cm³/mol. The molecule has 0 bridgehead atoms. The standard InChI is InChI=1S/C45H77NO8/c1-4-7-10-12-15-22-37-51-44(52-38-23-16-13-11-8-5-2)31-30-43(48)50-36-21-17-14-19-32-46(34-35-47)33-20-18-24-39-53-45(49)54-40-42-28-26-41(27-29-42)25-9-6-3/h7-8,10-11,26-29,44,47H,4-6,9,12-25,30-40H2,1-3H3/b10-7-,11-8-. The molecule has 0 aliphatic rings. The third kappa shape index (κ3) is 30.6. The first kappa shape index (κ1) is 49.3. The first-order valence-electron chi connectivity index (χ1n) is 21.4. The maximum atomic E-state index is 12.5. The van der Waals surface area contributed by atoms with Gasteiger partial charge in [0.15, 0.2) is 6.29 Å². The highest BCUT2D eigenvalue weighted by atomic mass is 16.7. The molecule has 0 spiro atoms. The van der Waals surface area contributed by atoms with E-state index in [-0.39, 0.29) is 25.5 Å². The lowest BCUT2D eigenvalue weighted by Crippen LogP contribution is -2.29. The number of esters is 1. The quantitative estimate of drug-likeness (QED) is 0.0307. The Morgan fingerprint density at radius 3 is 1.78 bits per heavy atom. The topological polar surface area (TPSA) is 104 Å². The van der Waals surface area contributed by atoms with E-state index >= 15 is 0 Å². The van der Waals surface area contributed by atoms with Gasteiger partial charge in [-0.25, -0.2) is 4.79 Å². The number of benzene rings is 1. The molecule has 0 atom stereocenters.